The summed E-state index contributed by atoms with van der Waals surface area (Å²) < 4.78 is 103. The van der Waals surface area contributed by atoms with Crippen LogP contribution in [-0.2, 0) is 5.41 Å². The summed E-state index contributed by atoms with van der Waals surface area (Å²) in [7, 11) is 0. The maximum atomic E-state index is 15.3. The molecule has 2 aliphatic heterocycles. The van der Waals surface area contributed by atoms with E-state index in [1.807, 2.05) is 13.8 Å². The minimum absolute atomic E-state index is 0.0409. The number of nitrogen functional groups attached to an aromatic ring is 2. The number of unbranched alkanes of at least 4 members (excludes halogenated alkanes) is 2. The van der Waals surface area contributed by atoms with Crippen LogP contribution in [-0.4, -0.2) is 49.2 Å². The molecule has 4 N–H and O–H groups in total. The second-order valence-electron chi connectivity index (χ2n) is 13.0. The van der Waals surface area contributed by atoms with Gasteiger partial charge in [0.25, 0.3) is 23.6 Å². The molecule has 16 heteroatoms. The fraction of sp³-hybridized carbons (Fsp3) is 0.282. The lowest BCUT2D eigenvalue weighted by atomic mass is 9.71. The van der Waals surface area contributed by atoms with E-state index in [2.05, 4.69) is 0 Å². The van der Waals surface area contributed by atoms with Crippen LogP contribution in [0.15, 0.2) is 72.8 Å². The molecular formula is C39H34F6N4O6. The number of halogens is 6. The molecule has 4 aromatic rings. The van der Waals surface area contributed by atoms with Gasteiger partial charge in [0.1, 0.15) is 11.5 Å². The smallest absolute Gasteiger partial charge is 0.411 e. The van der Waals surface area contributed by atoms with Crippen molar-refractivity contribution in [1.29, 1.82) is 0 Å². The van der Waals surface area contributed by atoms with E-state index in [4.69, 9.17) is 20.9 Å². The summed E-state index contributed by atoms with van der Waals surface area (Å²) in [5.41, 5.74) is 1.96. The van der Waals surface area contributed by atoms with Crippen LogP contribution in [0.25, 0.3) is 0 Å². The minimum atomic E-state index is -6.13. The van der Waals surface area contributed by atoms with Crippen molar-refractivity contribution in [1.82, 2.24) is 0 Å². The van der Waals surface area contributed by atoms with Gasteiger partial charge in [-0.05, 0) is 84.6 Å². The molecule has 4 aromatic carbocycles. The van der Waals surface area contributed by atoms with Crippen LogP contribution in [0.4, 0.5) is 49.1 Å². The summed E-state index contributed by atoms with van der Waals surface area (Å²) in [6.07, 6.45) is -9.15. The van der Waals surface area contributed by atoms with E-state index in [-0.39, 0.29) is 34.2 Å². The molecule has 10 nitrogen and oxygen atoms in total. The maximum Gasteiger partial charge on any atom is 0.411 e. The standard InChI is InChI=1S/C39H34F6N4O6/c1-3-5-15-54-31-13-9-23(19-29(31)46)48-33(50)25-11-7-21(17-27(25)35(48)52)37(38(40,41)42,39(43,44)45)22-8-12-26-28(18-22)36(53)49(34(26)51)24-10-14-32(30(47)20-24)55-16-6-4-2/h7-14,17-20H,3-6,15-16,46-47H2,1-2H3. The Morgan fingerprint density at radius 2 is 0.891 bits per heavy atom. The minimum Gasteiger partial charge on any atom is -0.491 e. The number of benzene rings is 4. The third-order valence-electron chi connectivity index (χ3n) is 9.50. The molecule has 0 saturated carbocycles. The van der Waals surface area contributed by atoms with Crippen molar-refractivity contribution in [3.05, 3.63) is 106 Å². The molecule has 6 rings (SSSR count). The maximum absolute atomic E-state index is 15.3. The van der Waals surface area contributed by atoms with Crippen molar-refractivity contribution in [2.45, 2.75) is 57.3 Å². The number of alkyl halides is 6. The van der Waals surface area contributed by atoms with Crippen LogP contribution in [0.1, 0.15) is 92.1 Å². The summed E-state index contributed by atoms with van der Waals surface area (Å²) in [5, 5.41) is 0. The number of imide groups is 2. The Labute approximate surface area is 310 Å². The lowest BCUT2D eigenvalue weighted by molar-refractivity contribution is -0.288. The van der Waals surface area contributed by atoms with Gasteiger partial charge in [0.15, 0.2) is 0 Å². The van der Waals surface area contributed by atoms with Gasteiger partial charge in [-0.1, -0.05) is 38.8 Å². The Bertz CT molecular complexity index is 2060. The first-order valence-electron chi connectivity index (χ1n) is 17.2. The Morgan fingerprint density at radius 3 is 1.22 bits per heavy atom. The van der Waals surface area contributed by atoms with Gasteiger partial charge in [-0.15, -0.1) is 0 Å². The number of hydrogen-bond acceptors (Lipinski definition) is 8. The number of carbonyl (C=O) groups is 4. The zero-order valence-electron chi connectivity index (χ0n) is 29.4. The zero-order chi connectivity index (χ0) is 40.0. The molecule has 0 aliphatic carbocycles. The fourth-order valence-corrected chi connectivity index (χ4v) is 6.66. The summed E-state index contributed by atoms with van der Waals surface area (Å²) >= 11 is 0. The van der Waals surface area contributed by atoms with Gasteiger partial charge in [0.2, 0.25) is 5.41 Å². The van der Waals surface area contributed by atoms with Gasteiger partial charge in [0, 0.05) is 0 Å². The molecule has 0 aromatic heterocycles. The van der Waals surface area contributed by atoms with Crippen molar-refractivity contribution in [2.75, 3.05) is 34.5 Å². The van der Waals surface area contributed by atoms with Crippen LogP contribution in [0.2, 0.25) is 0 Å². The largest absolute Gasteiger partial charge is 0.491 e. The Morgan fingerprint density at radius 1 is 0.527 bits per heavy atom. The number of carbonyl (C=O) groups excluding carboxylic acids is 4. The highest BCUT2D eigenvalue weighted by atomic mass is 19.4. The number of fused-ring (bicyclic) bond motifs is 2. The summed E-state index contributed by atoms with van der Waals surface area (Å²) in [4.78, 5) is 55.2. The first kappa shape index (κ1) is 38.7. The highest BCUT2D eigenvalue weighted by Gasteiger charge is 2.73. The Hall–Kier alpha value is -6.06. The molecule has 0 bridgehead atoms. The van der Waals surface area contributed by atoms with E-state index in [1.165, 1.54) is 36.4 Å². The highest BCUT2D eigenvalue weighted by Crippen LogP contribution is 2.57. The van der Waals surface area contributed by atoms with E-state index >= 15 is 26.3 Å². The summed E-state index contributed by atoms with van der Waals surface area (Å²) in [6.45, 7) is 4.56. The summed E-state index contributed by atoms with van der Waals surface area (Å²) in [5.74, 6) is -3.88. The van der Waals surface area contributed by atoms with Gasteiger partial charge in [0.05, 0.1) is 58.2 Å². The molecule has 0 fully saturated rings. The molecule has 0 spiro atoms. The fourth-order valence-electron chi connectivity index (χ4n) is 6.66. The Balaban J connectivity index is 1.40. The molecule has 2 heterocycles. The number of amides is 4. The normalized spacial score (nSPS) is 14.5. The molecule has 288 valence electrons. The van der Waals surface area contributed by atoms with E-state index in [1.54, 1.807) is 0 Å². The SMILES string of the molecule is CCCCOc1ccc(N2C(=O)c3ccc(C(c4ccc5c(c4)C(=O)N(c4ccc(OCCCC)c(N)c4)C5=O)(C(F)(F)F)C(F)(F)F)cc3C2=O)cc1N. The number of nitrogens with zero attached hydrogens (tertiary/aromatic N) is 2. The predicted octanol–water partition coefficient (Wildman–Crippen LogP) is 8.22. The van der Waals surface area contributed by atoms with Gasteiger partial charge >= 0.3 is 12.4 Å². The lowest BCUT2D eigenvalue weighted by Crippen LogP contribution is -2.55. The Kier molecular flexibility index (Phi) is 10.1. The first-order valence-corrected chi connectivity index (χ1v) is 17.2. The molecule has 2 aliphatic rings. The topological polar surface area (TPSA) is 145 Å². The molecule has 0 atom stereocenters. The number of rotatable bonds is 12. The van der Waals surface area contributed by atoms with E-state index in [0.717, 1.165) is 25.7 Å². The van der Waals surface area contributed by atoms with Crippen LogP contribution in [0.5, 0.6) is 11.5 Å². The third-order valence-corrected chi connectivity index (χ3v) is 9.50. The van der Waals surface area contributed by atoms with E-state index in [9.17, 15) is 19.2 Å². The quantitative estimate of drug-likeness (QED) is 0.0635. The number of hydrogen-bond donors (Lipinski definition) is 2. The van der Waals surface area contributed by atoms with Crippen LogP contribution >= 0.6 is 0 Å². The first-order chi connectivity index (χ1) is 26.0. The monoisotopic (exact) mass is 768 g/mol. The van der Waals surface area contributed by atoms with E-state index < -0.39 is 74.8 Å². The van der Waals surface area contributed by atoms with Crippen molar-refractivity contribution in [2.24, 2.45) is 0 Å². The van der Waals surface area contributed by atoms with Crippen molar-refractivity contribution >= 4 is 46.4 Å². The van der Waals surface area contributed by atoms with Crippen LogP contribution in [0.3, 0.4) is 0 Å². The third kappa shape index (κ3) is 6.38. The molecule has 55 heavy (non-hydrogen) atoms. The van der Waals surface area contributed by atoms with Gasteiger partial charge in [-0.2, -0.15) is 26.3 Å². The second-order valence-corrected chi connectivity index (χ2v) is 13.0. The highest BCUT2D eigenvalue weighted by molar-refractivity contribution is 6.35. The van der Waals surface area contributed by atoms with Crippen molar-refractivity contribution in [3.63, 3.8) is 0 Å². The number of ether oxygens (including phenoxy) is 2. The lowest BCUT2D eigenvalue weighted by Gasteiger charge is -2.38. The molecule has 0 radical (unpaired) electrons. The number of nitrogens with two attached hydrogens (primary N) is 2. The van der Waals surface area contributed by atoms with Gasteiger partial charge < -0.3 is 20.9 Å². The molecule has 0 saturated heterocycles. The second kappa shape index (κ2) is 14.3. The van der Waals surface area contributed by atoms with E-state index in [0.29, 0.717) is 59.4 Å². The molecule has 4 amide bonds. The van der Waals surface area contributed by atoms with Gasteiger partial charge in [-0.25, -0.2) is 9.80 Å². The number of anilines is 4. The van der Waals surface area contributed by atoms with Crippen molar-refractivity contribution < 1.29 is 55.0 Å². The summed E-state index contributed by atoms with van der Waals surface area (Å²) in [6, 6.07) is 11.0. The average Bonchev–Trinajstić information content (AvgIpc) is 3.52. The predicted molar refractivity (Wildman–Crippen MR) is 191 cm³/mol. The molecular weight excluding hydrogens is 734 g/mol. The van der Waals surface area contributed by atoms with Gasteiger partial charge in [-0.3, -0.25) is 19.2 Å². The molecule has 0 unspecified atom stereocenters. The zero-order valence-corrected chi connectivity index (χ0v) is 29.4. The van der Waals surface area contributed by atoms with Crippen molar-refractivity contribution in [3.8, 4) is 11.5 Å². The average molecular weight is 769 g/mol. The van der Waals surface area contributed by atoms with Crippen LogP contribution in [0, 0.1) is 0 Å². The van der Waals surface area contributed by atoms with Crippen LogP contribution < -0.4 is 30.7 Å².